The highest BCUT2D eigenvalue weighted by Gasteiger charge is 2.12. The predicted molar refractivity (Wildman–Crippen MR) is 82.8 cm³/mol. The van der Waals surface area contributed by atoms with Gasteiger partial charge in [-0.05, 0) is 38.1 Å². The number of halogens is 1. The molecule has 1 N–H and O–H groups in total. The molecule has 0 aliphatic heterocycles. The largest absolute Gasteiger partial charge is 0.490 e. The molecule has 0 aliphatic rings. The maximum absolute atomic E-state index is 6.09. The third-order valence-electron chi connectivity index (χ3n) is 2.93. The summed E-state index contributed by atoms with van der Waals surface area (Å²) in [6.07, 6.45) is 1.05. The van der Waals surface area contributed by atoms with Gasteiger partial charge in [0.2, 0.25) is 0 Å². The Bertz CT molecular complexity index is 396. The number of hydrogen-bond acceptors (Lipinski definition) is 3. The number of nitrogens with one attached hydrogen (secondary N) is 1. The van der Waals surface area contributed by atoms with Gasteiger partial charge in [0, 0.05) is 36.7 Å². The van der Waals surface area contributed by atoms with E-state index in [1.807, 2.05) is 0 Å². The first-order chi connectivity index (χ1) is 9.08. The highest BCUT2D eigenvalue weighted by Crippen LogP contribution is 2.29. The fourth-order valence-corrected chi connectivity index (χ4v) is 2.52. The lowest BCUT2D eigenvalue weighted by molar-refractivity contribution is 0.134. The Morgan fingerprint density at radius 2 is 2.11 bits per heavy atom. The van der Waals surface area contributed by atoms with Crippen molar-refractivity contribution in [1.29, 1.82) is 0 Å². The van der Waals surface area contributed by atoms with E-state index >= 15 is 0 Å². The third kappa shape index (κ3) is 5.51. The molecular weight excluding hydrogens is 306 g/mol. The fraction of sp³-hybridized carbons (Fsp3) is 0.600. The predicted octanol–water partition coefficient (Wildman–Crippen LogP) is 3.67. The number of ether oxygens (including phenoxy) is 2. The molecule has 4 heteroatoms. The third-order valence-corrected chi connectivity index (χ3v) is 3.39. The van der Waals surface area contributed by atoms with Crippen molar-refractivity contribution in [2.45, 2.75) is 39.8 Å². The first-order valence-electron chi connectivity index (χ1n) is 6.73. The summed E-state index contributed by atoms with van der Waals surface area (Å²) in [5.74, 6) is 0.993. The molecule has 0 heterocycles. The van der Waals surface area contributed by atoms with Gasteiger partial charge in [0.15, 0.2) is 0 Å². The van der Waals surface area contributed by atoms with Crippen molar-refractivity contribution in [1.82, 2.24) is 5.32 Å². The van der Waals surface area contributed by atoms with Gasteiger partial charge in [-0.25, -0.2) is 0 Å². The molecule has 1 aromatic carbocycles. The van der Waals surface area contributed by atoms with Crippen LogP contribution in [0, 0.1) is 6.92 Å². The van der Waals surface area contributed by atoms with Gasteiger partial charge in [-0.1, -0.05) is 22.9 Å². The van der Waals surface area contributed by atoms with E-state index in [0.717, 1.165) is 41.9 Å². The SMILES string of the molecule is CCNCc1cc(Br)cc(C)c1OC(C)CCOC. The summed E-state index contributed by atoms with van der Waals surface area (Å²) in [6.45, 7) is 8.76. The number of hydrogen-bond donors (Lipinski definition) is 1. The lowest BCUT2D eigenvalue weighted by atomic mass is 10.1. The summed E-state index contributed by atoms with van der Waals surface area (Å²) < 4.78 is 12.3. The molecule has 0 aliphatic carbocycles. The minimum Gasteiger partial charge on any atom is -0.490 e. The molecule has 0 radical (unpaired) electrons. The van der Waals surface area contributed by atoms with Crippen molar-refractivity contribution in [3.05, 3.63) is 27.7 Å². The second kappa shape index (κ2) is 8.56. The second-order valence-electron chi connectivity index (χ2n) is 4.70. The van der Waals surface area contributed by atoms with Crippen LogP contribution in [-0.2, 0) is 11.3 Å². The summed E-state index contributed by atoms with van der Waals surface area (Å²) in [5.41, 5.74) is 2.35. The van der Waals surface area contributed by atoms with Crippen LogP contribution in [-0.4, -0.2) is 26.4 Å². The Hall–Kier alpha value is -0.580. The van der Waals surface area contributed by atoms with Gasteiger partial charge in [-0.3, -0.25) is 0 Å². The van der Waals surface area contributed by atoms with Crippen molar-refractivity contribution in [2.75, 3.05) is 20.3 Å². The molecule has 0 amide bonds. The smallest absolute Gasteiger partial charge is 0.127 e. The van der Waals surface area contributed by atoms with Crippen molar-refractivity contribution in [2.24, 2.45) is 0 Å². The van der Waals surface area contributed by atoms with E-state index in [1.54, 1.807) is 7.11 Å². The molecule has 1 rings (SSSR count). The number of benzene rings is 1. The van der Waals surface area contributed by atoms with Crippen LogP contribution in [0.15, 0.2) is 16.6 Å². The molecule has 0 aromatic heterocycles. The molecular formula is C15H24BrNO2. The summed E-state index contributed by atoms with van der Waals surface area (Å²) in [4.78, 5) is 0. The van der Waals surface area contributed by atoms with E-state index in [-0.39, 0.29) is 6.10 Å². The molecule has 1 atom stereocenters. The van der Waals surface area contributed by atoms with Gasteiger partial charge >= 0.3 is 0 Å². The van der Waals surface area contributed by atoms with Crippen LogP contribution >= 0.6 is 15.9 Å². The van der Waals surface area contributed by atoms with E-state index in [4.69, 9.17) is 9.47 Å². The molecule has 3 nitrogen and oxygen atoms in total. The molecule has 0 spiro atoms. The van der Waals surface area contributed by atoms with Gasteiger partial charge in [0.1, 0.15) is 5.75 Å². The first-order valence-corrected chi connectivity index (χ1v) is 7.53. The molecule has 0 fully saturated rings. The Morgan fingerprint density at radius 3 is 2.74 bits per heavy atom. The van der Waals surface area contributed by atoms with Crippen molar-refractivity contribution < 1.29 is 9.47 Å². The Balaban J connectivity index is 2.84. The standard InChI is InChI=1S/C15H24BrNO2/c1-5-17-10-13-9-14(16)8-11(2)15(13)19-12(3)6-7-18-4/h8-9,12,17H,5-7,10H2,1-4H3. The lowest BCUT2D eigenvalue weighted by Crippen LogP contribution is -2.18. The van der Waals surface area contributed by atoms with E-state index in [9.17, 15) is 0 Å². The maximum Gasteiger partial charge on any atom is 0.127 e. The van der Waals surface area contributed by atoms with E-state index in [2.05, 4.69) is 54.2 Å². The van der Waals surface area contributed by atoms with Crippen LogP contribution in [0.25, 0.3) is 0 Å². The molecule has 108 valence electrons. The van der Waals surface area contributed by atoms with E-state index in [0.29, 0.717) is 0 Å². The van der Waals surface area contributed by atoms with Gasteiger partial charge in [-0.15, -0.1) is 0 Å². The minimum absolute atomic E-state index is 0.153. The summed E-state index contributed by atoms with van der Waals surface area (Å²) in [6, 6.07) is 4.21. The Labute approximate surface area is 124 Å². The normalized spacial score (nSPS) is 12.5. The van der Waals surface area contributed by atoms with Crippen molar-refractivity contribution in [3.8, 4) is 5.75 Å². The second-order valence-corrected chi connectivity index (χ2v) is 5.62. The van der Waals surface area contributed by atoms with Gasteiger partial charge in [0.25, 0.3) is 0 Å². The zero-order valence-electron chi connectivity index (χ0n) is 12.3. The lowest BCUT2D eigenvalue weighted by Gasteiger charge is -2.20. The van der Waals surface area contributed by atoms with Crippen LogP contribution in [0.4, 0.5) is 0 Å². The number of methoxy groups -OCH3 is 1. The van der Waals surface area contributed by atoms with Crippen molar-refractivity contribution in [3.63, 3.8) is 0 Å². The summed E-state index contributed by atoms with van der Waals surface area (Å²) in [7, 11) is 1.72. The van der Waals surface area contributed by atoms with Gasteiger partial charge < -0.3 is 14.8 Å². The molecule has 19 heavy (non-hydrogen) atoms. The van der Waals surface area contributed by atoms with Gasteiger partial charge in [0.05, 0.1) is 6.10 Å². The highest BCUT2D eigenvalue weighted by molar-refractivity contribution is 9.10. The number of rotatable bonds is 8. The Morgan fingerprint density at radius 1 is 1.37 bits per heavy atom. The minimum atomic E-state index is 0.153. The maximum atomic E-state index is 6.09. The highest BCUT2D eigenvalue weighted by atomic mass is 79.9. The van der Waals surface area contributed by atoms with Crippen LogP contribution < -0.4 is 10.1 Å². The summed E-state index contributed by atoms with van der Waals surface area (Å²) >= 11 is 3.54. The topological polar surface area (TPSA) is 30.5 Å². The van der Waals surface area contributed by atoms with Crippen molar-refractivity contribution >= 4 is 15.9 Å². The first kappa shape index (κ1) is 16.5. The van der Waals surface area contributed by atoms with Crippen LogP contribution in [0.1, 0.15) is 31.4 Å². The molecule has 1 aromatic rings. The zero-order chi connectivity index (χ0) is 14.3. The van der Waals surface area contributed by atoms with E-state index < -0.39 is 0 Å². The molecule has 0 bridgehead atoms. The number of aryl methyl sites for hydroxylation is 1. The molecule has 0 saturated heterocycles. The van der Waals surface area contributed by atoms with E-state index in [1.165, 1.54) is 5.56 Å². The zero-order valence-corrected chi connectivity index (χ0v) is 13.8. The molecule has 0 saturated carbocycles. The quantitative estimate of drug-likeness (QED) is 0.789. The Kier molecular flexibility index (Phi) is 7.42. The van der Waals surface area contributed by atoms with Crippen LogP contribution in [0.3, 0.4) is 0 Å². The average molecular weight is 330 g/mol. The van der Waals surface area contributed by atoms with Crippen LogP contribution in [0.5, 0.6) is 5.75 Å². The molecule has 1 unspecified atom stereocenters. The monoisotopic (exact) mass is 329 g/mol. The van der Waals surface area contributed by atoms with Gasteiger partial charge in [-0.2, -0.15) is 0 Å². The van der Waals surface area contributed by atoms with Crippen LogP contribution in [0.2, 0.25) is 0 Å². The summed E-state index contributed by atoms with van der Waals surface area (Å²) in [5, 5.41) is 3.35. The average Bonchev–Trinajstić information content (AvgIpc) is 2.37. The fourth-order valence-electron chi connectivity index (χ4n) is 1.90.